The third-order valence-electron chi connectivity index (χ3n) is 7.70. The lowest BCUT2D eigenvalue weighted by Gasteiger charge is -2.51. The second kappa shape index (κ2) is 6.97. The second-order valence-electron chi connectivity index (χ2n) is 9.10. The average Bonchev–Trinajstić information content (AvgIpc) is 3.14. The van der Waals surface area contributed by atoms with Crippen LogP contribution in [0, 0.1) is 11.8 Å². The number of carbonyl (C=O) groups excluding carboxylic acids is 4. The van der Waals surface area contributed by atoms with Crippen LogP contribution >= 0.6 is 0 Å². The summed E-state index contributed by atoms with van der Waals surface area (Å²) in [4.78, 5) is 54.3. The molecule has 34 heavy (non-hydrogen) atoms. The van der Waals surface area contributed by atoms with Gasteiger partial charge in [-0.1, -0.05) is 48.5 Å². The predicted octanol–water partition coefficient (Wildman–Crippen LogP) is 3.65. The fourth-order valence-electron chi connectivity index (χ4n) is 6.35. The molecule has 2 atom stereocenters. The predicted molar refractivity (Wildman–Crippen MR) is 124 cm³/mol. The zero-order valence-electron chi connectivity index (χ0n) is 18.6. The number of methoxy groups -OCH3 is 1. The molecule has 2 bridgehead atoms. The van der Waals surface area contributed by atoms with Crippen LogP contribution in [0.3, 0.4) is 0 Å². The van der Waals surface area contributed by atoms with Crippen molar-refractivity contribution in [3.63, 3.8) is 0 Å². The molecule has 4 aliphatic rings. The van der Waals surface area contributed by atoms with Crippen molar-refractivity contribution in [3.8, 4) is 5.75 Å². The fraction of sp³-hybridized carbons (Fsp3) is 0.214. The van der Waals surface area contributed by atoms with Crippen molar-refractivity contribution in [2.45, 2.75) is 18.3 Å². The van der Waals surface area contributed by atoms with Gasteiger partial charge in [-0.2, -0.15) is 0 Å². The topological polar surface area (TPSA) is 80.8 Å². The minimum atomic E-state index is -1.26. The van der Waals surface area contributed by atoms with Gasteiger partial charge in [-0.15, -0.1) is 0 Å². The van der Waals surface area contributed by atoms with E-state index in [1.807, 2.05) is 48.5 Å². The van der Waals surface area contributed by atoms with Gasteiger partial charge in [0.25, 0.3) is 0 Å². The van der Waals surface area contributed by atoms with Gasteiger partial charge < -0.3 is 9.53 Å². The molecule has 1 fully saturated rings. The van der Waals surface area contributed by atoms with E-state index >= 15 is 0 Å². The number of ketones is 1. The lowest BCUT2D eigenvalue weighted by atomic mass is 9.48. The second-order valence-corrected chi connectivity index (χ2v) is 9.10. The number of nitrogens with zero attached hydrogens (tertiary/aromatic N) is 1. The first kappa shape index (κ1) is 20.5. The number of anilines is 1. The highest BCUT2D eigenvalue weighted by molar-refractivity contribution is 6.25. The van der Waals surface area contributed by atoms with Gasteiger partial charge in [-0.05, 0) is 47.4 Å². The molecule has 0 saturated carbocycles. The summed E-state index contributed by atoms with van der Waals surface area (Å²) >= 11 is 0. The summed E-state index contributed by atoms with van der Waals surface area (Å²) in [7, 11) is 1.45. The molecule has 0 N–H and O–H groups in total. The number of carbonyl (C=O) groups is 4. The molecule has 1 saturated heterocycles. The normalized spacial score (nSPS) is 26.1. The molecule has 168 valence electrons. The van der Waals surface area contributed by atoms with E-state index in [4.69, 9.17) is 4.74 Å². The molecule has 0 radical (unpaired) electrons. The molecule has 0 spiro atoms. The molecule has 3 aliphatic carbocycles. The summed E-state index contributed by atoms with van der Waals surface area (Å²) in [5.41, 5.74) is 2.70. The van der Waals surface area contributed by atoms with Gasteiger partial charge >= 0.3 is 0 Å². The number of Topliss-reactive ketones (excluding diaryl/α,β-unsaturated/α-hetero) is 1. The summed E-state index contributed by atoms with van der Waals surface area (Å²) in [6.45, 7) is 1.42. The smallest absolute Gasteiger partial charge is 0.239 e. The number of rotatable bonds is 4. The molecule has 1 aliphatic heterocycles. The van der Waals surface area contributed by atoms with Crippen molar-refractivity contribution in [2.75, 3.05) is 12.0 Å². The molecule has 2 unspecified atom stereocenters. The third-order valence-corrected chi connectivity index (χ3v) is 7.70. The Balaban J connectivity index is 1.62. The van der Waals surface area contributed by atoms with Crippen LogP contribution in [0.25, 0.3) is 0 Å². The Kier molecular flexibility index (Phi) is 4.21. The Morgan fingerprint density at radius 1 is 0.941 bits per heavy atom. The Morgan fingerprint density at radius 3 is 2.12 bits per heavy atom. The van der Waals surface area contributed by atoms with Crippen LogP contribution in [0.1, 0.15) is 45.5 Å². The summed E-state index contributed by atoms with van der Waals surface area (Å²) < 4.78 is 5.46. The minimum Gasteiger partial charge on any atom is -0.495 e. The van der Waals surface area contributed by atoms with Crippen LogP contribution in [-0.2, 0) is 19.8 Å². The van der Waals surface area contributed by atoms with Crippen molar-refractivity contribution in [1.82, 2.24) is 0 Å². The van der Waals surface area contributed by atoms with E-state index in [1.54, 1.807) is 12.1 Å². The molecule has 6 nitrogen and oxygen atoms in total. The number of ether oxygens (including phenoxy) is 1. The number of imide groups is 1. The number of amides is 2. The van der Waals surface area contributed by atoms with E-state index in [1.165, 1.54) is 20.1 Å². The van der Waals surface area contributed by atoms with Crippen LogP contribution in [-0.4, -0.2) is 31.0 Å². The molecule has 2 amide bonds. The van der Waals surface area contributed by atoms with E-state index in [0.717, 1.165) is 33.4 Å². The monoisotopic (exact) mass is 451 g/mol. The van der Waals surface area contributed by atoms with Crippen molar-refractivity contribution < 1.29 is 23.9 Å². The summed E-state index contributed by atoms with van der Waals surface area (Å²) in [5, 5.41) is 0. The molecule has 3 aromatic rings. The zero-order valence-corrected chi connectivity index (χ0v) is 18.6. The highest BCUT2D eigenvalue weighted by Gasteiger charge is 2.68. The van der Waals surface area contributed by atoms with Crippen LogP contribution < -0.4 is 9.64 Å². The van der Waals surface area contributed by atoms with E-state index in [-0.39, 0.29) is 23.3 Å². The van der Waals surface area contributed by atoms with Crippen LogP contribution in [0.2, 0.25) is 0 Å². The highest BCUT2D eigenvalue weighted by atomic mass is 16.5. The minimum absolute atomic E-state index is 0.190. The van der Waals surface area contributed by atoms with E-state index in [0.29, 0.717) is 11.3 Å². The fourth-order valence-corrected chi connectivity index (χ4v) is 6.35. The number of hydrogen-bond donors (Lipinski definition) is 0. The number of hydrogen-bond acceptors (Lipinski definition) is 5. The Morgan fingerprint density at radius 2 is 1.56 bits per heavy atom. The first-order chi connectivity index (χ1) is 16.5. The average molecular weight is 451 g/mol. The van der Waals surface area contributed by atoms with Gasteiger partial charge in [-0.25, -0.2) is 4.90 Å². The van der Waals surface area contributed by atoms with Crippen molar-refractivity contribution in [1.29, 1.82) is 0 Å². The third kappa shape index (κ3) is 2.30. The molecule has 6 heteroatoms. The molecule has 1 heterocycles. The maximum absolute atomic E-state index is 14.1. The Hall–Kier alpha value is -4.06. The van der Waals surface area contributed by atoms with Gasteiger partial charge in [0.1, 0.15) is 12.0 Å². The first-order valence-corrected chi connectivity index (χ1v) is 11.2. The standard InChI is InChI=1S/C28H21NO5/c1-15(31)16-11-12-22(34-2)21(13-16)29-26(32)24-23-17-7-3-5-9-19(17)28(14-30,25(24)27(29)33)20-10-6-4-8-18(20)23/h3-14,23-25H,1-2H3. The molecular weight excluding hydrogens is 430 g/mol. The number of aldehydes is 1. The van der Waals surface area contributed by atoms with Gasteiger partial charge in [0.2, 0.25) is 11.8 Å². The molecule has 3 aromatic carbocycles. The van der Waals surface area contributed by atoms with Crippen molar-refractivity contribution in [2.24, 2.45) is 11.8 Å². The Labute approximate surface area is 196 Å². The SMILES string of the molecule is COc1ccc(C(C)=O)cc1N1C(=O)C2C3c4ccccc4C(C=O)(c4ccccc43)C2C1=O. The van der Waals surface area contributed by atoms with Gasteiger partial charge in [0.15, 0.2) is 5.78 Å². The summed E-state index contributed by atoms with van der Waals surface area (Å²) in [6.07, 6.45) is 0.843. The zero-order chi connectivity index (χ0) is 23.8. The first-order valence-electron chi connectivity index (χ1n) is 11.2. The van der Waals surface area contributed by atoms with E-state index in [2.05, 4.69) is 0 Å². The molecular formula is C28H21NO5. The van der Waals surface area contributed by atoms with Crippen LogP contribution in [0.15, 0.2) is 66.7 Å². The van der Waals surface area contributed by atoms with Gasteiger partial charge in [0.05, 0.1) is 30.0 Å². The highest BCUT2D eigenvalue weighted by Crippen LogP contribution is 2.63. The van der Waals surface area contributed by atoms with Crippen molar-refractivity contribution >= 4 is 29.6 Å². The van der Waals surface area contributed by atoms with Gasteiger partial charge in [-0.3, -0.25) is 14.4 Å². The molecule has 0 aromatic heterocycles. The molecule has 7 rings (SSSR count). The quantitative estimate of drug-likeness (QED) is 0.344. The van der Waals surface area contributed by atoms with E-state index < -0.39 is 23.2 Å². The van der Waals surface area contributed by atoms with Gasteiger partial charge in [0, 0.05) is 11.5 Å². The lowest BCUT2D eigenvalue weighted by Crippen LogP contribution is -2.54. The largest absolute Gasteiger partial charge is 0.495 e. The summed E-state index contributed by atoms with van der Waals surface area (Å²) in [6, 6.07) is 19.9. The maximum Gasteiger partial charge on any atom is 0.239 e. The van der Waals surface area contributed by atoms with Crippen molar-refractivity contribution in [3.05, 3.63) is 94.5 Å². The Bertz CT molecular complexity index is 1380. The maximum atomic E-state index is 14.1. The lowest BCUT2D eigenvalue weighted by molar-refractivity contribution is -0.128. The summed E-state index contributed by atoms with van der Waals surface area (Å²) in [5.74, 6) is -2.66. The van der Waals surface area contributed by atoms with Crippen LogP contribution in [0.5, 0.6) is 5.75 Å². The van der Waals surface area contributed by atoms with E-state index in [9.17, 15) is 19.2 Å². The number of benzene rings is 3. The van der Waals surface area contributed by atoms with Crippen LogP contribution in [0.4, 0.5) is 5.69 Å².